The molecule has 0 N–H and O–H groups in total. The number of rotatable bonds is 3. The van der Waals surface area contributed by atoms with E-state index in [1.54, 1.807) is 0 Å². The molecular weight excluding hydrogens is 508 g/mol. The van der Waals surface area contributed by atoms with E-state index in [0.717, 1.165) is 0 Å². The molecule has 2 unspecified atom stereocenters. The Bertz CT molecular complexity index is 2070. The smallest absolute Gasteiger partial charge is 0.0630 e. The second-order valence-electron chi connectivity index (χ2n) is 12.2. The Labute approximate surface area is 247 Å². The van der Waals surface area contributed by atoms with Crippen molar-refractivity contribution in [1.29, 1.82) is 0 Å². The first-order chi connectivity index (χ1) is 20.4. The average molecular weight is 543 g/mol. The third kappa shape index (κ3) is 3.86. The average Bonchev–Trinajstić information content (AvgIpc) is 3.49. The maximum absolute atomic E-state index is 2.52. The number of anilines is 2. The van der Waals surface area contributed by atoms with Crippen molar-refractivity contribution in [1.82, 2.24) is 4.57 Å². The minimum absolute atomic E-state index is 0.267. The normalized spacial score (nSPS) is 17.5. The lowest BCUT2D eigenvalue weighted by atomic mass is 9.85. The Morgan fingerprint density at radius 3 is 1.88 bits per heavy atom. The third-order valence-electron chi connectivity index (χ3n) is 9.16. The van der Waals surface area contributed by atoms with Gasteiger partial charge in [0.15, 0.2) is 0 Å². The summed E-state index contributed by atoms with van der Waals surface area (Å²) in [5.41, 5.74) is 15.4. The van der Waals surface area contributed by atoms with E-state index < -0.39 is 0 Å². The molecule has 1 aliphatic heterocycles. The quantitative estimate of drug-likeness (QED) is 0.216. The second kappa shape index (κ2) is 9.36. The van der Waals surface area contributed by atoms with Crippen LogP contribution in [0.4, 0.5) is 11.4 Å². The van der Waals surface area contributed by atoms with Gasteiger partial charge in [-0.05, 0) is 99.0 Å². The van der Waals surface area contributed by atoms with E-state index in [9.17, 15) is 0 Å². The van der Waals surface area contributed by atoms with Crippen LogP contribution in [0.2, 0.25) is 0 Å². The van der Waals surface area contributed by atoms with Crippen molar-refractivity contribution in [2.45, 2.75) is 39.7 Å². The maximum atomic E-state index is 2.52. The highest BCUT2D eigenvalue weighted by Gasteiger charge is 2.38. The van der Waals surface area contributed by atoms with Crippen molar-refractivity contribution in [3.63, 3.8) is 0 Å². The van der Waals surface area contributed by atoms with E-state index >= 15 is 0 Å². The fourth-order valence-corrected chi connectivity index (χ4v) is 7.01. The molecule has 204 valence electrons. The van der Waals surface area contributed by atoms with Crippen molar-refractivity contribution < 1.29 is 0 Å². The van der Waals surface area contributed by atoms with Crippen LogP contribution in [0.3, 0.4) is 0 Å². The summed E-state index contributed by atoms with van der Waals surface area (Å²) in [6.45, 7) is 8.68. The number of hydrogen-bond donors (Lipinski definition) is 0. The van der Waals surface area contributed by atoms with Gasteiger partial charge in [-0.15, -0.1) is 0 Å². The van der Waals surface area contributed by atoms with Crippen molar-refractivity contribution in [2.24, 2.45) is 0 Å². The van der Waals surface area contributed by atoms with Gasteiger partial charge in [0.05, 0.1) is 17.1 Å². The summed E-state index contributed by atoms with van der Waals surface area (Å²) in [7, 11) is 0. The van der Waals surface area contributed by atoms with Gasteiger partial charge >= 0.3 is 0 Å². The highest BCUT2D eigenvalue weighted by molar-refractivity contribution is 6.10. The molecule has 0 saturated heterocycles. The molecule has 6 aromatic rings. The number of nitrogens with zero attached hydrogens (tertiary/aromatic N) is 2. The van der Waals surface area contributed by atoms with E-state index in [1.807, 2.05) is 0 Å². The molecule has 2 aliphatic rings. The molecule has 0 radical (unpaired) electrons. The van der Waals surface area contributed by atoms with Crippen molar-refractivity contribution in [3.8, 4) is 5.69 Å². The van der Waals surface area contributed by atoms with Crippen molar-refractivity contribution in [2.75, 3.05) is 4.90 Å². The predicted octanol–water partition coefficient (Wildman–Crippen LogP) is 10.3. The van der Waals surface area contributed by atoms with Gasteiger partial charge in [-0.3, -0.25) is 0 Å². The number of benzene rings is 5. The van der Waals surface area contributed by atoms with Gasteiger partial charge in [-0.25, -0.2) is 0 Å². The molecular formula is C40H34N2. The minimum Gasteiger partial charge on any atom is -0.333 e. The SMILES string of the molecule is Cc1ccc(N2c3ccc(C)cc3C3C=C(c4ccc5c(c4)c4cc(C)ccc4n5-c4ccc(C)cc4)C=CC32)cc1. The Kier molecular flexibility index (Phi) is 5.55. The second-order valence-corrected chi connectivity index (χ2v) is 12.2. The van der Waals surface area contributed by atoms with Crippen LogP contribution in [0.5, 0.6) is 0 Å². The largest absolute Gasteiger partial charge is 0.333 e. The van der Waals surface area contributed by atoms with E-state index in [0.29, 0.717) is 5.92 Å². The van der Waals surface area contributed by atoms with Crippen LogP contribution in [0.25, 0.3) is 33.1 Å². The molecule has 2 heterocycles. The van der Waals surface area contributed by atoms with Crippen LogP contribution >= 0.6 is 0 Å². The molecule has 8 rings (SSSR count). The minimum atomic E-state index is 0.267. The predicted molar refractivity (Wildman–Crippen MR) is 178 cm³/mol. The molecule has 0 amide bonds. The first-order valence-electron chi connectivity index (χ1n) is 14.9. The molecule has 2 heteroatoms. The van der Waals surface area contributed by atoms with Gasteiger partial charge in [0, 0.05) is 33.8 Å². The van der Waals surface area contributed by atoms with Crippen LogP contribution in [0, 0.1) is 27.7 Å². The zero-order valence-corrected chi connectivity index (χ0v) is 24.6. The number of allylic oxidation sites excluding steroid dienone is 2. The van der Waals surface area contributed by atoms with Crippen LogP contribution < -0.4 is 4.90 Å². The highest BCUT2D eigenvalue weighted by Crippen LogP contribution is 2.49. The summed E-state index contributed by atoms with van der Waals surface area (Å²) in [5.74, 6) is 0.299. The summed E-state index contributed by atoms with van der Waals surface area (Å²) in [6.07, 6.45) is 7.26. The summed E-state index contributed by atoms with van der Waals surface area (Å²) in [6, 6.07) is 38.9. The Balaban J connectivity index is 1.26. The van der Waals surface area contributed by atoms with Crippen molar-refractivity contribution >= 4 is 38.8 Å². The number of hydrogen-bond acceptors (Lipinski definition) is 1. The summed E-state index contributed by atoms with van der Waals surface area (Å²) in [4.78, 5) is 2.52. The lowest BCUT2D eigenvalue weighted by Crippen LogP contribution is -2.28. The lowest BCUT2D eigenvalue weighted by molar-refractivity contribution is 0.747. The van der Waals surface area contributed by atoms with Crippen LogP contribution in [0.1, 0.15) is 39.3 Å². The van der Waals surface area contributed by atoms with E-state index in [2.05, 4.69) is 159 Å². The van der Waals surface area contributed by atoms with E-state index in [1.165, 1.54) is 77.8 Å². The van der Waals surface area contributed by atoms with Gasteiger partial charge in [-0.2, -0.15) is 0 Å². The monoisotopic (exact) mass is 542 g/mol. The van der Waals surface area contributed by atoms with Crippen LogP contribution in [-0.2, 0) is 0 Å². The molecule has 0 spiro atoms. The molecule has 5 aromatic carbocycles. The summed E-state index contributed by atoms with van der Waals surface area (Å²) < 4.78 is 2.41. The Hall–Kier alpha value is -4.82. The van der Waals surface area contributed by atoms with Crippen LogP contribution in [-0.4, -0.2) is 10.6 Å². The zero-order chi connectivity index (χ0) is 28.5. The Morgan fingerprint density at radius 1 is 0.548 bits per heavy atom. The molecule has 42 heavy (non-hydrogen) atoms. The van der Waals surface area contributed by atoms with Crippen molar-refractivity contribution in [3.05, 3.63) is 155 Å². The molecule has 2 atom stereocenters. The van der Waals surface area contributed by atoms with Gasteiger partial charge < -0.3 is 9.47 Å². The first-order valence-corrected chi connectivity index (χ1v) is 14.9. The Morgan fingerprint density at radius 2 is 1.14 bits per heavy atom. The topological polar surface area (TPSA) is 8.17 Å². The molecule has 1 aliphatic carbocycles. The number of aromatic nitrogens is 1. The third-order valence-corrected chi connectivity index (χ3v) is 9.16. The lowest BCUT2D eigenvalue weighted by Gasteiger charge is -2.30. The van der Waals surface area contributed by atoms with E-state index in [4.69, 9.17) is 0 Å². The zero-order valence-electron chi connectivity index (χ0n) is 24.6. The van der Waals surface area contributed by atoms with Crippen LogP contribution in [0.15, 0.2) is 121 Å². The number of aryl methyl sites for hydroxylation is 4. The first kappa shape index (κ1) is 24.9. The molecule has 2 nitrogen and oxygen atoms in total. The van der Waals surface area contributed by atoms with E-state index in [-0.39, 0.29) is 6.04 Å². The molecule has 0 fully saturated rings. The van der Waals surface area contributed by atoms with Gasteiger partial charge in [0.25, 0.3) is 0 Å². The maximum Gasteiger partial charge on any atom is 0.0630 e. The van der Waals surface area contributed by atoms with Gasteiger partial charge in [0.1, 0.15) is 0 Å². The standard InChI is InChI=1S/C40H34N2/c1-25-5-13-31(14-6-25)41-37-17-9-27(3)21-33(37)35-23-29(11-19-39(35)41)30-12-20-40-36(24-30)34-22-28(4)10-18-38(34)42(40)32-15-7-26(2)8-16-32/h5-24,35,39H,1-4H3. The fourth-order valence-electron chi connectivity index (χ4n) is 7.01. The summed E-state index contributed by atoms with van der Waals surface area (Å²) in [5, 5.41) is 2.60. The molecule has 0 saturated carbocycles. The molecule has 0 bridgehead atoms. The highest BCUT2D eigenvalue weighted by atomic mass is 15.2. The number of fused-ring (bicyclic) bond motifs is 6. The molecule has 1 aromatic heterocycles. The van der Waals surface area contributed by atoms with Gasteiger partial charge in [-0.1, -0.05) is 89.0 Å². The summed E-state index contributed by atoms with van der Waals surface area (Å²) >= 11 is 0. The fraction of sp³-hybridized carbons (Fsp3) is 0.150. The van der Waals surface area contributed by atoms with Gasteiger partial charge in [0.2, 0.25) is 0 Å².